The van der Waals surface area contributed by atoms with Crippen LogP contribution in [0.5, 0.6) is 0 Å². The fraction of sp³-hybridized carbons (Fsp3) is 0.417. The SMILES string of the molecule is CC(C)(C(=O)O)c1csc(NCCc2ncc[nH]2)n1. The topological polar surface area (TPSA) is 90.9 Å². The molecule has 7 heteroatoms. The number of carboxylic acids is 1. The number of carbonyl (C=O) groups is 1. The average Bonchev–Trinajstić information content (AvgIpc) is 2.99. The van der Waals surface area contributed by atoms with E-state index < -0.39 is 11.4 Å². The zero-order chi connectivity index (χ0) is 13.9. The third kappa shape index (κ3) is 3.11. The first-order valence-electron chi connectivity index (χ1n) is 5.91. The maximum atomic E-state index is 11.1. The maximum Gasteiger partial charge on any atom is 0.315 e. The monoisotopic (exact) mass is 280 g/mol. The number of nitrogens with zero attached hydrogens (tertiary/aromatic N) is 2. The molecule has 2 aromatic rings. The van der Waals surface area contributed by atoms with Gasteiger partial charge in [0.1, 0.15) is 11.2 Å². The van der Waals surface area contributed by atoms with E-state index in [1.54, 1.807) is 31.6 Å². The van der Waals surface area contributed by atoms with Gasteiger partial charge in [0, 0.05) is 30.7 Å². The summed E-state index contributed by atoms with van der Waals surface area (Å²) in [5.41, 5.74) is -0.386. The molecule has 19 heavy (non-hydrogen) atoms. The van der Waals surface area contributed by atoms with E-state index in [1.165, 1.54) is 11.3 Å². The van der Waals surface area contributed by atoms with Crippen LogP contribution in [0.25, 0.3) is 0 Å². The van der Waals surface area contributed by atoms with Crippen molar-refractivity contribution in [2.75, 3.05) is 11.9 Å². The second kappa shape index (κ2) is 5.40. The van der Waals surface area contributed by atoms with Gasteiger partial charge in [-0.2, -0.15) is 0 Å². The molecule has 0 aromatic carbocycles. The molecule has 0 amide bonds. The van der Waals surface area contributed by atoms with E-state index in [9.17, 15) is 4.79 Å². The van der Waals surface area contributed by atoms with Gasteiger partial charge in [-0.3, -0.25) is 4.79 Å². The van der Waals surface area contributed by atoms with Gasteiger partial charge in [-0.15, -0.1) is 11.3 Å². The van der Waals surface area contributed by atoms with Gasteiger partial charge < -0.3 is 15.4 Å². The molecule has 6 nitrogen and oxygen atoms in total. The molecular formula is C12H16N4O2S. The Labute approximate surface area is 114 Å². The van der Waals surface area contributed by atoms with E-state index in [2.05, 4.69) is 20.3 Å². The smallest absolute Gasteiger partial charge is 0.315 e. The van der Waals surface area contributed by atoms with Gasteiger partial charge in [0.2, 0.25) is 0 Å². The minimum atomic E-state index is -0.961. The van der Waals surface area contributed by atoms with Gasteiger partial charge >= 0.3 is 5.97 Å². The molecule has 0 saturated carbocycles. The van der Waals surface area contributed by atoms with Crippen molar-refractivity contribution in [1.29, 1.82) is 0 Å². The summed E-state index contributed by atoms with van der Waals surface area (Å²) in [6.07, 6.45) is 4.27. The van der Waals surface area contributed by atoms with Crippen LogP contribution in [0.4, 0.5) is 5.13 Å². The Hall–Kier alpha value is -1.89. The van der Waals surface area contributed by atoms with Crippen LogP contribution in [0, 0.1) is 0 Å². The number of H-pyrrole nitrogens is 1. The van der Waals surface area contributed by atoms with Crippen LogP contribution < -0.4 is 5.32 Å². The minimum absolute atomic E-state index is 0.575. The predicted octanol–water partition coefficient (Wildman–Crippen LogP) is 1.88. The number of aliphatic carboxylic acids is 1. The molecule has 0 bridgehead atoms. The lowest BCUT2D eigenvalue weighted by Crippen LogP contribution is -2.28. The van der Waals surface area contributed by atoms with E-state index >= 15 is 0 Å². The van der Waals surface area contributed by atoms with Crippen molar-refractivity contribution in [1.82, 2.24) is 15.0 Å². The molecule has 0 aliphatic carbocycles. The minimum Gasteiger partial charge on any atom is -0.481 e. The van der Waals surface area contributed by atoms with Crippen molar-refractivity contribution < 1.29 is 9.90 Å². The third-order valence-corrected chi connectivity index (χ3v) is 3.67. The highest BCUT2D eigenvalue weighted by molar-refractivity contribution is 7.13. The molecule has 2 aromatic heterocycles. The zero-order valence-corrected chi connectivity index (χ0v) is 11.6. The fourth-order valence-electron chi connectivity index (χ4n) is 1.47. The van der Waals surface area contributed by atoms with E-state index in [0.29, 0.717) is 12.2 Å². The Bertz CT molecular complexity index is 548. The molecule has 0 spiro atoms. The van der Waals surface area contributed by atoms with Crippen LogP contribution >= 0.6 is 11.3 Å². The van der Waals surface area contributed by atoms with Crippen LogP contribution in [0.15, 0.2) is 17.8 Å². The highest BCUT2D eigenvalue weighted by Gasteiger charge is 2.32. The van der Waals surface area contributed by atoms with E-state index in [1.807, 2.05) is 0 Å². The molecule has 0 aliphatic rings. The molecule has 0 unspecified atom stereocenters. The van der Waals surface area contributed by atoms with E-state index in [-0.39, 0.29) is 0 Å². The summed E-state index contributed by atoms with van der Waals surface area (Å²) in [4.78, 5) is 22.6. The molecule has 0 saturated heterocycles. The number of carboxylic acid groups (broad SMARTS) is 1. The first-order chi connectivity index (χ1) is 9.00. The van der Waals surface area contributed by atoms with Gasteiger partial charge in [-0.1, -0.05) is 0 Å². The lowest BCUT2D eigenvalue weighted by molar-refractivity contribution is -0.142. The first-order valence-corrected chi connectivity index (χ1v) is 6.79. The van der Waals surface area contributed by atoms with Crippen molar-refractivity contribution in [2.45, 2.75) is 25.7 Å². The lowest BCUT2D eigenvalue weighted by atomic mass is 9.90. The van der Waals surface area contributed by atoms with Crippen LogP contribution in [0.2, 0.25) is 0 Å². The summed E-state index contributed by atoms with van der Waals surface area (Å²) in [7, 11) is 0. The number of hydrogen-bond donors (Lipinski definition) is 3. The average molecular weight is 280 g/mol. The number of anilines is 1. The molecule has 0 atom stereocenters. The van der Waals surface area contributed by atoms with Crippen molar-refractivity contribution in [3.8, 4) is 0 Å². The summed E-state index contributed by atoms with van der Waals surface area (Å²) < 4.78 is 0. The highest BCUT2D eigenvalue weighted by Crippen LogP contribution is 2.27. The quantitative estimate of drug-likeness (QED) is 0.751. The van der Waals surface area contributed by atoms with Crippen molar-refractivity contribution in [2.24, 2.45) is 0 Å². The van der Waals surface area contributed by atoms with Gasteiger partial charge in [-0.25, -0.2) is 9.97 Å². The molecule has 3 N–H and O–H groups in total. The fourth-order valence-corrected chi connectivity index (χ4v) is 2.38. The molecule has 2 heterocycles. The molecule has 2 rings (SSSR count). The molecule has 102 valence electrons. The third-order valence-electron chi connectivity index (χ3n) is 2.87. The number of imidazole rings is 1. The van der Waals surface area contributed by atoms with Crippen molar-refractivity contribution in [3.05, 3.63) is 29.3 Å². The van der Waals surface area contributed by atoms with Crippen molar-refractivity contribution >= 4 is 22.4 Å². The normalized spacial score (nSPS) is 11.5. The summed E-state index contributed by atoms with van der Waals surface area (Å²) in [6, 6.07) is 0. The summed E-state index contributed by atoms with van der Waals surface area (Å²) in [5, 5.41) is 14.8. The zero-order valence-electron chi connectivity index (χ0n) is 10.8. The number of aromatic amines is 1. The number of thiazole rings is 1. The van der Waals surface area contributed by atoms with Gasteiger partial charge in [-0.05, 0) is 13.8 Å². The second-order valence-electron chi connectivity index (χ2n) is 4.68. The van der Waals surface area contributed by atoms with Gasteiger partial charge in [0.05, 0.1) is 5.69 Å². The Morgan fingerprint density at radius 3 is 3.00 bits per heavy atom. The second-order valence-corrected chi connectivity index (χ2v) is 5.54. The largest absolute Gasteiger partial charge is 0.481 e. The standard InChI is InChI=1S/C12H16N4O2S/c1-12(2,10(17)18)8-7-19-11(16-8)15-4-3-9-13-5-6-14-9/h5-7H,3-4H2,1-2H3,(H,13,14)(H,15,16)(H,17,18). The van der Waals surface area contributed by atoms with Crippen molar-refractivity contribution in [3.63, 3.8) is 0 Å². The summed E-state index contributed by atoms with van der Waals surface area (Å²) >= 11 is 1.41. The Morgan fingerprint density at radius 1 is 1.58 bits per heavy atom. The molecule has 0 fully saturated rings. The van der Waals surface area contributed by atoms with E-state index in [0.717, 1.165) is 17.4 Å². The number of rotatable bonds is 6. The molecule has 0 radical (unpaired) electrons. The number of aromatic nitrogens is 3. The maximum absolute atomic E-state index is 11.1. The number of hydrogen-bond acceptors (Lipinski definition) is 5. The molecule has 0 aliphatic heterocycles. The van der Waals surface area contributed by atoms with Gasteiger partial charge in [0.25, 0.3) is 0 Å². The predicted molar refractivity (Wildman–Crippen MR) is 73.6 cm³/mol. The Kier molecular flexibility index (Phi) is 3.84. The van der Waals surface area contributed by atoms with Crippen LogP contribution in [0.1, 0.15) is 25.4 Å². The highest BCUT2D eigenvalue weighted by atomic mass is 32.1. The van der Waals surface area contributed by atoms with E-state index in [4.69, 9.17) is 5.11 Å². The van der Waals surface area contributed by atoms with Gasteiger partial charge in [0.15, 0.2) is 5.13 Å². The lowest BCUT2D eigenvalue weighted by Gasteiger charge is -2.15. The summed E-state index contributed by atoms with van der Waals surface area (Å²) in [6.45, 7) is 4.00. The molecular weight excluding hydrogens is 264 g/mol. The summed E-state index contributed by atoms with van der Waals surface area (Å²) in [5.74, 6) is 0.0371. The first kappa shape index (κ1) is 13.5. The Morgan fingerprint density at radius 2 is 2.37 bits per heavy atom. The number of nitrogens with one attached hydrogen (secondary N) is 2. The van der Waals surface area contributed by atoms with Crippen LogP contribution in [0.3, 0.4) is 0 Å². The Balaban J connectivity index is 1.92. The van der Waals surface area contributed by atoms with Crippen LogP contribution in [-0.4, -0.2) is 32.6 Å². The van der Waals surface area contributed by atoms with Crippen LogP contribution in [-0.2, 0) is 16.6 Å².